The normalized spacial score (nSPS) is 10.8. The molecule has 0 aliphatic rings. The van der Waals surface area contributed by atoms with Crippen molar-refractivity contribution in [3.8, 4) is 0 Å². The number of carbonyl (C=O) groups excluding carboxylic acids is 7. The summed E-state index contributed by atoms with van der Waals surface area (Å²) in [5, 5.41) is 8.60. The Morgan fingerprint density at radius 3 is 0.597 bits per heavy atom. The first-order valence-corrected chi connectivity index (χ1v) is 25.8. The standard InChI is InChI=1S/C51H88O16/c1-2-3-4-5-6-15-30-45(54)62-38-23-8-17-32-47(56)64-40-25-10-19-34-49(58)66-42-27-12-21-36-51(60)67-43-28-13-20-35-50(59)65-41-26-11-18-33-48(57)63-39-24-9-16-31-46(55)61-37-22-7-14-29-44(52)53/h2-43H2,1H3,(H,52,53). The highest BCUT2D eigenvalue weighted by Gasteiger charge is 2.10. The smallest absolute Gasteiger partial charge is 0.305 e. The largest absolute Gasteiger partial charge is 0.481 e. The van der Waals surface area contributed by atoms with Gasteiger partial charge in [0.15, 0.2) is 0 Å². The zero-order valence-electron chi connectivity index (χ0n) is 41.3. The Labute approximate surface area is 401 Å². The van der Waals surface area contributed by atoms with Gasteiger partial charge in [0.05, 0.1) is 46.2 Å². The van der Waals surface area contributed by atoms with Gasteiger partial charge in [0.1, 0.15) is 0 Å². The number of aliphatic carboxylic acids is 1. The van der Waals surface area contributed by atoms with Crippen molar-refractivity contribution in [1.82, 2.24) is 0 Å². The molecule has 0 aromatic heterocycles. The third-order valence-corrected chi connectivity index (χ3v) is 10.8. The summed E-state index contributed by atoms with van der Waals surface area (Å²) in [7, 11) is 0. The van der Waals surface area contributed by atoms with Crippen molar-refractivity contribution in [3.05, 3.63) is 0 Å². The number of carboxylic acid groups (broad SMARTS) is 1. The van der Waals surface area contributed by atoms with Crippen LogP contribution in [0.25, 0.3) is 0 Å². The molecule has 0 aliphatic carbocycles. The lowest BCUT2D eigenvalue weighted by molar-refractivity contribution is -0.146. The number of carbonyl (C=O) groups is 8. The fraction of sp³-hybridized carbons (Fsp3) is 0.843. The molecule has 0 aliphatic heterocycles. The molecule has 16 nitrogen and oxygen atoms in total. The van der Waals surface area contributed by atoms with Crippen LogP contribution in [0, 0.1) is 0 Å². The van der Waals surface area contributed by atoms with Crippen molar-refractivity contribution in [2.75, 3.05) is 46.2 Å². The zero-order chi connectivity index (χ0) is 49.3. The maximum absolute atomic E-state index is 12.0. The Morgan fingerprint density at radius 1 is 0.239 bits per heavy atom. The van der Waals surface area contributed by atoms with E-state index in [-0.39, 0.29) is 48.2 Å². The highest BCUT2D eigenvalue weighted by molar-refractivity contribution is 5.71. The second-order valence-corrected chi connectivity index (χ2v) is 17.1. The first kappa shape index (κ1) is 62.8. The van der Waals surface area contributed by atoms with Gasteiger partial charge in [-0.1, -0.05) is 39.0 Å². The summed E-state index contributed by atoms with van der Waals surface area (Å²) < 4.78 is 36.8. The minimum absolute atomic E-state index is 0.125. The number of ether oxygens (including phenoxy) is 7. The summed E-state index contributed by atoms with van der Waals surface area (Å²) >= 11 is 0. The zero-order valence-corrected chi connectivity index (χ0v) is 41.3. The average molecular weight is 957 g/mol. The second kappa shape index (κ2) is 48.2. The Morgan fingerprint density at radius 2 is 0.403 bits per heavy atom. The number of esters is 7. The fourth-order valence-electron chi connectivity index (χ4n) is 6.70. The molecule has 67 heavy (non-hydrogen) atoms. The SMILES string of the molecule is CCCCCCCCC(=O)OCCCCCC(=O)OCCCCCC(=O)OCCCCCC(=O)OCCCCCC(=O)OCCCCCC(=O)OCCCCCC(=O)OCCCCCC(=O)O. The molecular weight excluding hydrogens is 869 g/mol. The van der Waals surface area contributed by atoms with Crippen LogP contribution < -0.4 is 0 Å². The molecule has 0 rings (SSSR count). The lowest BCUT2D eigenvalue weighted by atomic mass is 10.1. The van der Waals surface area contributed by atoms with E-state index in [0.29, 0.717) is 181 Å². The molecule has 0 unspecified atom stereocenters. The van der Waals surface area contributed by atoms with Gasteiger partial charge < -0.3 is 38.3 Å². The summed E-state index contributed by atoms with van der Waals surface area (Å²) in [5.41, 5.74) is 0. The number of rotatable bonds is 49. The van der Waals surface area contributed by atoms with E-state index in [4.69, 9.17) is 38.3 Å². The Kier molecular flexibility index (Phi) is 45.2. The topological polar surface area (TPSA) is 221 Å². The van der Waals surface area contributed by atoms with E-state index in [9.17, 15) is 38.4 Å². The van der Waals surface area contributed by atoms with Crippen LogP contribution in [-0.4, -0.2) is 99.1 Å². The van der Waals surface area contributed by atoms with Crippen LogP contribution in [0.3, 0.4) is 0 Å². The molecule has 0 amide bonds. The van der Waals surface area contributed by atoms with Gasteiger partial charge in [-0.15, -0.1) is 0 Å². The summed E-state index contributed by atoms with van der Waals surface area (Å²) in [5.74, 6) is -2.53. The quantitative estimate of drug-likeness (QED) is 0.0340. The van der Waals surface area contributed by atoms with Gasteiger partial charge in [0.2, 0.25) is 0 Å². The van der Waals surface area contributed by atoms with Gasteiger partial charge in [-0.3, -0.25) is 38.4 Å². The maximum Gasteiger partial charge on any atom is 0.305 e. The number of unbranched alkanes of at least 4 members (excludes halogenated alkanes) is 19. The van der Waals surface area contributed by atoms with Crippen molar-refractivity contribution < 1.29 is 76.6 Å². The Bertz CT molecular complexity index is 1300. The van der Waals surface area contributed by atoms with E-state index in [1.807, 2.05) is 0 Å². The van der Waals surface area contributed by atoms with Gasteiger partial charge in [-0.2, -0.15) is 0 Å². The molecule has 0 bridgehead atoms. The van der Waals surface area contributed by atoms with E-state index in [2.05, 4.69) is 6.92 Å². The van der Waals surface area contributed by atoms with Gasteiger partial charge in [0.25, 0.3) is 0 Å². The van der Waals surface area contributed by atoms with E-state index < -0.39 is 5.97 Å². The van der Waals surface area contributed by atoms with Crippen LogP contribution in [0.1, 0.15) is 232 Å². The van der Waals surface area contributed by atoms with Crippen LogP contribution in [-0.2, 0) is 71.5 Å². The third kappa shape index (κ3) is 49.5. The van der Waals surface area contributed by atoms with E-state index in [1.54, 1.807) is 0 Å². The molecule has 0 saturated carbocycles. The molecule has 0 saturated heterocycles. The van der Waals surface area contributed by atoms with Crippen LogP contribution in [0.4, 0.5) is 0 Å². The summed E-state index contributed by atoms with van der Waals surface area (Å²) in [4.78, 5) is 93.9. The molecule has 0 radical (unpaired) electrons. The lowest BCUT2D eigenvalue weighted by Crippen LogP contribution is -2.08. The average Bonchev–Trinajstić information content (AvgIpc) is 3.30. The highest BCUT2D eigenvalue weighted by Crippen LogP contribution is 2.11. The Hall–Kier alpha value is -4.24. The van der Waals surface area contributed by atoms with Gasteiger partial charge >= 0.3 is 47.8 Å². The van der Waals surface area contributed by atoms with E-state index >= 15 is 0 Å². The van der Waals surface area contributed by atoms with Crippen molar-refractivity contribution >= 4 is 47.8 Å². The maximum atomic E-state index is 12.0. The molecule has 0 atom stereocenters. The van der Waals surface area contributed by atoms with E-state index in [0.717, 1.165) is 57.8 Å². The highest BCUT2D eigenvalue weighted by atomic mass is 16.6. The molecule has 0 heterocycles. The summed E-state index contributed by atoms with van der Waals surface area (Å²) in [6.45, 7) is 4.42. The molecule has 388 valence electrons. The number of hydrogen-bond donors (Lipinski definition) is 1. The Balaban J connectivity index is 3.48. The monoisotopic (exact) mass is 957 g/mol. The van der Waals surface area contributed by atoms with Gasteiger partial charge in [-0.25, -0.2) is 0 Å². The van der Waals surface area contributed by atoms with Crippen molar-refractivity contribution in [2.24, 2.45) is 0 Å². The number of hydrogen-bond acceptors (Lipinski definition) is 15. The lowest BCUT2D eigenvalue weighted by Gasteiger charge is -2.07. The van der Waals surface area contributed by atoms with Gasteiger partial charge in [-0.05, 0) is 141 Å². The van der Waals surface area contributed by atoms with Crippen LogP contribution >= 0.6 is 0 Å². The number of carboxylic acids is 1. The molecular formula is C51H88O16. The summed E-state index contributed by atoms with van der Waals surface area (Å²) in [6.07, 6.45) is 23.7. The van der Waals surface area contributed by atoms with Crippen LogP contribution in [0.15, 0.2) is 0 Å². The van der Waals surface area contributed by atoms with E-state index in [1.165, 1.54) is 25.7 Å². The van der Waals surface area contributed by atoms with Crippen molar-refractivity contribution in [2.45, 2.75) is 232 Å². The third-order valence-electron chi connectivity index (χ3n) is 10.8. The van der Waals surface area contributed by atoms with Crippen molar-refractivity contribution in [1.29, 1.82) is 0 Å². The first-order valence-electron chi connectivity index (χ1n) is 25.8. The molecule has 1 N–H and O–H groups in total. The molecule has 0 fully saturated rings. The van der Waals surface area contributed by atoms with Gasteiger partial charge in [0, 0.05) is 51.4 Å². The summed E-state index contributed by atoms with van der Waals surface area (Å²) in [6, 6.07) is 0. The molecule has 16 heteroatoms. The molecule has 0 aromatic carbocycles. The molecule has 0 spiro atoms. The predicted octanol–water partition coefficient (Wildman–Crippen LogP) is 10.5. The van der Waals surface area contributed by atoms with Crippen LogP contribution in [0.2, 0.25) is 0 Å². The predicted molar refractivity (Wildman–Crippen MR) is 252 cm³/mol. The minimum atomic E-state index is -0.823. The second-order valence-electron chi connectivity index (χ2n) is 17.1. The van der Waals surface area contributed by atoms with Crippen molar-refractivity contribution in [3.63, 3.8) is 0 Å². The molecule has 0 aromatic rings. The first-order chi connectivity index (χ1) is 32.5. The fourth-order valence-corrected chi connectivity index (χ4v) is 6.70. The minimum Gasteiger partial charge on any atom is -0.481 e. The van der Waals surface area contributed by atoms with Crippen LogP contribution in [0.5, 0.6) is 0 Å².